The van der Waals surface area contributed by atoms with Crippen molar-refractivity contribution in [2.45, 2.75) is 76.5 Å². The Kier molecular flexibility index (Phi) is 11.9. The van der Waals surface area contributed by atoms with E-state index in [4.69, 9.17) is 21.9 Å². The van der Waals surface area contributed by atoms with Gasteiger partial charge in [-0.2, -0.15) is 5.10 Å². The molecule has 2 amide bonds. The Morgan fingerprint density at radius 1 is 1.09 bits per heavy atom. The summed E-state index contributed by atoms with van der Waals surface area (Å²) in [5.74, 6) is -1.10. The number of ether oxygens (including phenoxy) is 1. The summed E-state index contributed by atoms with van der Waals surface area (Å²) < 4.78 is 22.6. The van der Waals surface area contributed by atoms with Crippen LogP contribution in [0.2, 0.25) is 0 Å². The van der Waals surface area contributed by atoms with Gasteiger partial charge in [0.05, 0.1) is 22.0 Å². The molecule has 4 aromatic rings. The number of primary amides is 1. The second kappa shape index (κ2) is 15.5. The van der Waals surface area contributed by atoms with Gasteiger partial charge in [-0.05, 0) is 76.5 Å². The van der Waals surface area contributed by atoms with Crippen molar-refractivity contribution in [3.63, 3.8) is 0 Å². The SMILES string of the molecule is Cc1nc(OC2CCCC(N)CCC2)c(C(=O)N[C@@H]2CCCN(c3cc(-c4ccc(C(N)=O)c(F)c4)n4ncnc(N)c34)C2)s1.Cl.Cl. The minimum absolute atomic E-state index is 0. The van der Waals surface area contributed by atoms with Crippen LogP contribution in [0.15, 0.2) is 30.6 Å². The van der Waals surface area contributed by atoms with E-state index in [1.807, 2.05) is 13.0 Å². The number of carbonyl (C=O) groups excluding carboxylic acids is 2. The van der Waals surface area contributed by atoms with Crippen LogP contribution in [-0.2, 0) is 0 Å². The summed E-state index contributed by atoms with van der Waals surface area (Å²) in [5.41, 5.74) is 20.0. The molecule has 254 valence electrons. The van der Waals surface area contributed by atoms with Crippen LogP contribution in [0.4, 0.5) is 15.9 Å². The van der Waals surface area contributed by atoms with Gasteiger partial charge in [-0.25, -0.2) is 18.9 Å². The summed E-state index contributed by atoms with van der Waals surface area (Å²) in [6.07, 6.45) is 8.71. The number of amides is 2. The normalized spacial score (nSPS) is 20.0. The first-order valence-electron chi connectivity index (χ1n) is 15.4. The predicted molar refractivity (Wildman–Crippen MR) is 185 cm³/mol. The van der Waals surface area contributed by atoms with Gasteiger partial charge in [0.25, 0.3) is 11.8 Å². The fourth-order valence-electron chi connectivity index (χ4n) is 6.35. The Hall–Kier alpha value is -3.72. The average molecular weight is 709 g/mol. The molecule has 1 aromatic carbocycles. The number of halogens is 3. The summed E-state index contributed by atoms with van der Waals surface area (Å²) in [6, 6.07) is 6.21. The zero-order valence-electron chi connectivity index (χ0n) is 26.0. The van der Waals surface area contributed by atoms with Gasteiger partial charge < -0.3 is 32.2 Å². The first kappa shape index (κ1) is 36.1. The molecular weight excluding hydrogens is 668 g/mol. The van der Waals surface area contributed by atoms with Crippen molar-refractivity contribution in [3.8, 4) is 17.1 Å². The first-order chi connectivity index (χ1) is 21.7. The summed E-state index contributed by atoms with van der Waals surface area (Å²) in [7, 11) is 0. The molecule has 1 aliphatic carbocycles. The van der Waals surface area contributed by atoms with Gasteiger partial charge in [0.2, 0.25) is 5.88 Å². The number of nitrogens with two attached hydrogens (primary N) is 3. The molecule has 1 atom stereocenters. The number of aromatic nitrogens is 4. The minimum Gasteiger partial charge on any atom is -0.473 e. The molecule has 4 heterocycles. The molecule has 16 heteroatoms. The van der Waals surface area contributed by atoms with E-state index in [1.165, 1.54) is 29.8 Å². The standard InChI is InChI=1S/C31H38FN9O3S.2ClH/c1-17-38-31(44-21-8-2-5-19(33)6-3-9-21)27(45-17)30(43)39-20-7-4-12-40(15-20)25-14-24(41-26(25)28(34)36-16-37-41)18-10-11-22(29(35)42)23(32)13-18;;/h10-11,13-14,16,19-21H,2-9,12,15,33H2,1H3,(H2,35,42)(H,39,43)(H2,34,36,37);2*1H/t19?,20-,21?;;/m1../s1. The lowest BCUT2D eigenvalue weighted by atomic mass is 9.95. The van der Waals surface area contributed by atoms with E-state index in [2.05, 4.69) is 25.3 Å². The van der Waals surface area contributed by atoms with E-state index in [0.29, 0.717) is 40.6 Å². The lowest BCUT2D eigenvalue weighted by molar-refractivity contribution is 0.0925. The van der Waals surface area contributed by atoms with Crippen molar-refractivity contribution < 1.29 is 18.7 Å². The van der Waals surface area contributed by atoms with Crippen LogP contribution in [0.1, 0.15) is 76.4 Å². The van der Waals surface area contributed by atoms with E-state index in [9.17, 15) is 14.0 Å². The van der Waals surface area contributed by atoms with Crippen molar-refractivity contribution in [3.05, 3.63) is 51.9 Å². The number of thiazole rings is 1. The van der Waals surface area contributed by atoms with Gasteiger partial charge >= 0.3 is 0 Å². The molecule has 1 aliphatic heterocycles. The monoisotopic (exact) mass is 707 g/mol. The van der Waals surface area contributed by atoms with Crippen LogP contribution in [-0.4, -0.2) is 62.7 Å². The lowest BCUT2D eigenvalue weighted by Gasteiger charge is -2.34. The maximum Gasteiger partial charge on any atom is 0.267 e. The van der Waals surface area contributed by atoms with Crippen LogP contribution in [0.5, 0.6) is 5.88 Å². The van der Waals surface area contributed by atoms with Crippen LogP contribution < -0.4 is 32.2 Å². The van der Waals surface area contributed by atoms with E-state index >= 15 is 0 Å². The molecule has 0 unspecified atom stereocenters. The second-order valence-electron chi connectivity index (χ2n) is 11.9. The zero-order valence-corrected chi connectivity index (χ0v) is 28.4. The highest BCUT2D eigenvalue weighted by Gasteiger charge is 2.29. The highest BCUT2D eigenvalue weighted by atomic mass is 35.5. The maximum absolute atomic E-state index is 14.7. The largest absolute Gasteiger partial charge is 0.473 e. The smallest absolute Gasteiger partial charge is 0.267 e. The molecule has 7 N–H and O–H groups in total. The van der Waals surface area contributed by atoms with Crippen LogP contribution >= 0.6 is 36.2 Å². The third kappa shape index (κ3) is 7.88. The molecule has 2 aliphatic rings. The summed E-state index contributed by atoms with van der Waals surface area (Å²) in [4.78, 5) is 36.5. The summed E-state index contributed by atoms with van der Waals surface area (Å²) in [5, 5.41) is 8.38. The number of piperidine rings is 1. The van der Waals surface area contributed by atoms with Crippen LogP contribution in [0, 0.1) is 12.7 Å². The van der Waals surface area contributed by atoms with Gasteiger partial charge in [-0.3, -0.25) is 9.59 Å². The Morgan fingerprint density at radius 3 is 2.53 bits per heavy atom. The highest BCUT2D eigenvalue weighted by Crippen LogP contribution is 2.36. The van der Waals surface area contributed by atoms with E-state index in [0.717, 1.165) is 62.1 Å². The van der Waals surface area contributed by atoms with E-state index in [1.54, 1.807) is 10.6 Å². The first-order valence-corrected chi connectivity index (χ1v) is 16.2. The number of aryl methyl sites for hydroxylation is 1. The highest BCUT2D eigenvalue weighted by molar-refractivity contribution is 7.13. The van der Waals surface area contributed by atoms with Crippen molar-refractivity contribution in [2.75, 3.05) is 23.7 Å². The number of hydrogen-bond donors (Lipinski definition) is 4. The van der Waals surface area contributed by atoms with Gasteiger partial charge in [-0.15, -0.1) is 36.2 Å². The molecule has 0 spiro atoms. The van der Waals surface area contributed by atoms with E-state index in [-0.39, 0.29) is 60.3 Å². The number of benzene rings is 1. The fourth-order valence-corrected chi connectivity index (χ4v) is 7.10. The summed E-state index contributed by atoms with van der Waals surface area (Å²) in [6.45, 7) is 3.11. The molecule has 6 rings (SSSR count). The van der Waals surface area contributed by atoms with Crippen LogP contribution in [0.25, 0.3) is 16.8 Å². The Bertz CT molecular complexity index is 1730. The number of hydrogen-bond acceptors (Lipinski definition) is 10. The Morgan fingerprint density at radius 2 is 1.83 bits per heavy atom. The molecular formula is C31H40Cl2FN9O3S. The van der Waals surface area contributed by atoms with Gasteiger partial charge in [0.1, 0.15) is 23.8 Å². The molecule has 1 saturated carbocycles. The molecule has 3 aromatic heterocycles. The number of nitrogen functional groups attached to an aromatic ring is 1. The zero-order chi connectivity index (χ0) is 31.7. The van der Waals surface area contributed by atoms with Crippen molar-refractivity contribution in [2.24, 2.45) is 11.5 Å². The fraction of sp³-hybridized carbons (Fsp3) is 0.452. The summed E-state index contributed by atoms with van der Waals surface area (Å²) >= 11 is 1.34. The van der Waals surface area contributed by atoms with Gasteiger partial charge in [0.15, 0.2) is 10.7 Å². The topological polar surface area (TPSA) is 180 Å². The number of carbonyl (C=O) groups is 2. The average Bonchev–Trinajstić information content (AvgIpc) is 3.57. The quantitative estimate of drug-likeness (QED) is 0.213. The number of nitrogens with one attached hydrogen (secondary N) is 1. The van der Waals surface area contributed by atoms with Gasteiger partial charge in [0, 0.05) is 30.7 Å². The third-order valence-corrected chi connectivity index (χ3v) is 9.53. The molecule has 2 fully saturated rings. The van der Waals surface area contributed by atoms with Crippen molar-refractivity contribution in [1.82, 2.24) is 24.9 Å². The molecule has 0 radical (unpaired) electrons. The Labute approximate surface area is 288 Å². The number of nitrogens with zero attached hydrogens (tertiary/aromatic N) is 5. The number of anilines is 2. The molecule has 47 heavy (non-hydrogen) atoms. The molecule has 12 nitrogen and oxygen atoms in total. The van der Waals surface area contributed by atoms with E-state index < -0.39 is 11.7 Å². The van der Waals surface area contributed by atoms with Crippen molar-refractivity contribution >= 4 is 65.0 Å². The third-order valence-electron chi connectivity index (χ3n) is 8.58. The lowest BCUT2D eigenvalue weighted by Crippen LogP contribution is -2.47. The van der Waals surface area contributed by atoms with Crippen molar-refractivity contribution in [1.29, 1.82) is 0 Å². The predicted octanol–water partition coefficient (Wildman–Crippen LogP) is 4.65. The molecule has 0 bridgehead atoms. The van der Waals surface area contributed by atoms with Crippen LogP contribution in [0.3, 0.4) is 0 Å². The number of rotatable bonds is 7. The Balaban J connectivity index is 0.00000250. The number of fused-ring (bicyclic) bond motifs is 1. The minimum atomic E-state index is -0.843. The second-order valence-corrected chi connectivity index (χ2v) is 13.1. The maximum atomic E-state index is 14.7. The van der Waals surface area contributed by atoms with Gasteiger partial charge in [-0.1, -0.05) is 6.07 Å². The molecule has 1 saturated heterocycles.